The molecule has 4 nitrogen and oxygen atoms in total. The van der Waals surface area contributed by atoms with Crippen LogP contribution < -0.4 is 5.32 Å². The first-order valence-electron chi connectivity index (χ1n) is 11.7. The Balaban J connectivity index is 1.91. The Kier molecular flexibility index (Phi) is 8.89. The minimum Gasteiger partial charge on any atom is -0.350 e. The lowest BCUT2D eigenvalue weighted by molar-refractivity contribution is -0.141. The van der Waals surface area contributed by atoms with E-state index in [0.29, 0.717) is 24.4 Å². The van der Waals surface area contributed by atoms with E-state index in [-0.39, 0.29) is 18.2 Å². The Hall–Kier alpha value is -3.11. The quantitative estimate of drug-likeness (QED) is 0.422. The average molecular weight is 477 g/mol. The maximum Gasteiger partial charge on any atom is 0.243 e. The number of carbonyl (C=O) groups excluding carboxylic acids is 2. The number of carbonyl (C=O) groups is 2. The highest BCUT2D eigenvalue weighted by atomic mass is 35.5. The van der Waals surface area contributed by atoms with Gasteiger partial charge in [-0.15, -0.1) is 0 Å². The molecule has 0 aliphatic carbocycles. The van der Waals surface area contributed by atoms with Crippen LogP contribution in [-0.4, -0.2) is 28.3 Å². The molecule has 34 heavy (non-hydrogen) atoms. The van der Waals surface area contributed by atoms with Gasteiger partial charge in [0.25, 0.3) is 0 Å². The van der Waals surface area contributed by atoms with Crippen LogP contribution in [-0.2, 0) is 29.0 Å². The highest BCUT2D eigenvalue weighted by molar-refractivity contribution is 6.31. The van der Waals surface area contributed by atoms with Crippen molar-refractivity contribution in [3.05, 3.63) is 107 Å². The van der Waals surface area contributed by atoms with Crippen LogP contribution in [0.15, 0.2) is 84.9 Å². The van der Waals surface area contributed by atoms with Gasteiger partial charge in [-0.05, 0) is 49.9 Å². The van der Waals surface area contributed by atoms with Crippen LogP contribution in [0.5, 0.6) is 0 Å². The first-order valence-corrected chi connectivity index (χ1v) is 12.0. The second-order valence-electron chi connectivity index (χ2n) is 9.54. The van der Waals surface area contributed by atoms with Crippen molar-refractivity contribution in [2.45, 2.75) is 58.2 Å². The fourth-order valence-corrected chi connectivity index (χ4v) is 4.10. The molecule has 0 saturated heterocycles. The number of halogens is 1. The molecule has 178 valence electrons. The molecule has 0 fully saturated rings. The molecule has 1 atom stereocenters. The molecule has 2 amide bonds. The summed E-state index contributed by atoms with van der Waals surface area (Å²) < 4.78 is 0. The van der Waals surface area contributed by atoms with Crippen LogP contribution in [0, 0.1) is 0 Å². The molecular weight excluding hydrogens is 444 g/mol. The predicted octanol–water partition coefficient (Wildman–Crippen LogP) is 5.83. The summed E-state index contributed by atoms with van der Waals surface area (Å²) in [5, 5.41) is 3.74. The van der Waals surface area contributed by atoms with Crippen LogP contribution in [0.25, 0.3) is 0 Å². The van der Waals surface area contributed by atoms with E-state index in [2.05, 4.69) is 5.32 Å². The fourth-order valence-electron chi connectivity index (χ4n) is 3.87. The number of hydrogen-bond donors (Lipinski definition) is 1. The minimum absolute atomic E-state index is 0.0752. The van der Waals surface area contributed by atoms with Gasteiger partial charge in [0.1, 0.15) is 6.04 Å². The Bertz CT molecular complexity index is 1080. The lowest BCUT2D eigenvalue weighted by atomic mass is 10.00. The molecule has 0 heterocycles. The van der Waals surface area contributed by atoms with Crippen LogP contribution in [0.1, 0.15) is 43.9 Å². The maximum absolute atomic E-state index is 13.6. The zero-order valence-electron chi connectivity index (χ0n) is 20.1. The van der Waals surface area contributed by atoms with Crippen LogP contribution in [0.3, 0.4) is 0 Å². The minimum atomic E-state index is -0.638. The first-order chi connectivity index (χ1) is 16.2. The van der Waals surface area contributed by atoms with Crippen LogP contribution in [0.2, 0.25) is 5.02 Å². The van der Waals surface area contributed by atoms with E-state index in [1.807, 2.05) is 106 Å². The van der Waals surface area contributed by atoms with Crippen LogP contribution in [0.4, 0.5) is 0 Å². The van der Waals surface area contributed by atoms with Gasteiger partial charge < -0.3 is 10.2 Å². The highest BCUT2D eigenvalue weighted by Crippen LogP contribution is 2.20. The van der Waals surface area contributed by atoms with Crippen molar-refractivity contribution in [1.29, 1.82) is 0 Å². The topological polar surface area (TPSA) is 49.4 Å². The van der Waals surface area contributed by atoms with Gasteiger partial charge in [-0.2, -0.15) is 0 Å². The first kappa shape index (κ1) is 25.5. The number of aryl methyl sites for hydroxylation is 1. The molecule has 0 aliphatic heterocycles. The largest absolute Gasteiger partial charge is 0.350 e. The van der Waals surface area contributed by atoms with Crippen molar-refractivity contribution in [3.8, 4) is 0 Å². The van der Waals surface area contributed by atoms with Crippen molar-refractivity contribution < 1.29 is 9.59 Å². The van der Waals surface area contributed by atoms with Gasteiger partial charge in [0, 0.05) is 29.9 Å². The zero-order valence-corrected chi connectivity index (χ0v) is 20.9. The summed E-state index contributed by atoms with van der Waals surface area (Å²) in [4.78, 5) is 28.9. The number of benzene rings is 3. The van der Waals surface area contributed by atoms with Gasteiger partial charge in [0.2, 0.25) is 11.8 Å². The zero-order chi connectivity index (χ0) is 24.6. The number of nitrogens with one attached hydrogen (secondary N) is 1. The van der Waals surface area contributed by atoms with E-state index in [1.54, 1.807) is 4.90 Å². The predicted molar refractivity (Wildman–Crippen MR) is 139 cm³/mol. The Morgan fingerprint density at radius 2 is 1.41 bits per heavy atom. The summed E-state index contributed by atoms with van der Waals surface area (Å²) in [7, 11) is 0. The van der Waals surface area contributed by atoms with Crippen molar-refractivity contribution in [1.82, 2.24) is 10.2 Å². The number of nitrogens with zero attached hydrogens (tertiary/aromatic N) is 1. The van der Waals surface area contributed by atoms with Gasteiger partial charge in [0.05, 0.1) is 0 Å². The van der Waals surface area contributed by atoms with E-state index < -0.39 is 11.6 Å². The van der Waals surface area contributed by atoms with Gasteiger partial charge in [0.15, 0.2) is 0 Å². The molecule has 0 radical (unpaired) electrons. The SMILES string of the molecule is CC(C)(C)NC(=O)C(Cc1ccccc1)N(Cc1ccccc1)C(=O)CCc1ccccc1Cl. The van der Waals surface area contributed by atoms with Gasteiger partial charge >= 0.3 is 0 Å². The van der Waals surface area contributed by atoms with E-state index in [4.69, 9.17) is 11.6 Å². The van der Waals surface area contributed by atoms with E-state index in [1.165, 1.54) is 0 Å². The summed E-state index contributed by atoms with van der Waals surface area (Å²) in [5.74, 6) is -0.229. The number of hydrogen-bond acceptors (Lipinski definition) is 2. The molecule has 3 rings (SSSR count). The van der Waals surface area contributed by atoms with E-state index in [0.717, 1.165) is 16.7 Å². The molecule has 1 N–H and O–H groups in total. The van der Waals surface area contributed by atoms with E-state index >= 15 is 0 Å². The van der Waals surface area contributed by atoms with Gasteiger partial charge in [-0.25, -0.2) is 0 Å². The monoisotopic (exact) mass is 476 g/mol. The molecule has 0 aromatic heterocycles. The van der Waals surface area contributed by atoms with Crippen LogP contribution >= 0.6 is 11.6 Å². The normalized spacial score (nSPS) is 12.1. The summed E-state index contributed by atoms with van der Waals surface area (Å²) in [5.41, 5.74) is 2.50. The third-order valence-corrected chi connectivity index (χ3v) is 5.90. The Labute approximate surface area is 207 Å². The fraction of sp³-hybridized carbons (Fsp3) is 0.310. The summed E-state index contributed by atoms with van der Waals surface area (Å²) in [6.07, 6.45) is 1.22. The van der Waals surface area contributed by atoms with Gasteiger partial charge in [-0.3, -0.25) is 9.59 Å². The second kappa shape index (κ2) is 11.8. The lowest BCUT2D eigenvalue weighted by Gasteiger charge is -2.34. The smallest absolute Gasteiger partial charge is 0.243 e. The summed E-state index contributed by atoms with van der Waals surface area (Å²) in [6.45, 7) is 6.21. The molecule has 3 aromatic carbocycles. The van der Waals surface area contributed by atoms with E-state index in [9.17, 15) is 9.59 Å². The molecule has 1 unspecified atom stereocenters. The maximum atomic E-state index is 13.6. The van der Waals surface area contributed by atoms with Crippen molar-refractivity contribution in [2.75, 3.05) is 0 Å². The molecule has 0 saturated carbocycles. The van der Waals surface area contributed by atoms with Gasteiger partial charge in [-0.1, -0.05) is 90.5 Å². The standard InChI is InChI=1S/C29H33ClN2O2/c1-29(2,3)31-28(34)26(20-22-12-6-4-7-13-22)32(21-23-14-8-5-9-15-23)27(33)19-18-24-16-10-11-17-25(24)30/h4-17,26H,18-21H2,1-3H3,(H,31,34). The lowest BCUT2D eigenvalue weighted by Crippen LogP contribution is -2.54. The molecule has 0 bridgehead atoms. The third-order valence-electron chi connectivity index (χ3n) is 5.53. The second-order valence-corrected chi connectivity index (χ2v) is 9.95. The molecular formula is C29H33ClN2O2. The molecule has 0 aliphatic rings. The van der Waals surface area contributed by atoms with Crippen molar-refractivity contribution >= 4 is 23.4 Å². The Morgan fingerprint density at radius 1 is 0.853 bits per heavy atom. The highest BCUT2D eigenvalue weighted by Gasteiger charge is 2.32. The number of amides is 2. The summed E-state index contributed by atoms with van der Waals surface area (Å²) in [6, 6.07) is 26.6. The Morgan fingerprint density at radius 3 is 2.00 bits per heavy atom. The third kappa shape index (κ3) is 7.74. The van der Waals surface area contributed by atoms with Crippen molar-refractivity contribution in [2.24, 2.45) is 0 Å². The van der Waals surface area contributed by atoms with Crippen molar-refractivity contribution in [3.63, 3.8) is 0 Å². The average Bonchev–Trinajstić information content (AvgIpc) is 2.81. The molecule has 5 heteroatoms. The summed E-state index contributed by atoms with van der Waals surface area (Å²) >= 11 is 6.32. The molecule has 0 spiro atoms. The molecule has 3 aromatic rings. The number of rotatable bonds is 9.